The fourth-order valence-electron chi connectivity index (χ4n) is 1.02. The number of hydrogen-bond acceptors (Lipinski definition) is 4. The summed E-state index contributed by atoms with van der Waals surface area (Å²) in [6.45, 7) is 6.33. The Kier molecular flexibility index (Phi) is 4.35. The fourth-order valence-corrected chi connectivity index (χ4v) is 1.92. The Bertz CT molecular complexity index is 268. The molecule has 0 amide bonds. The van der Waals surface area contributed by atoms with Gasteiger partial charge in [0.25, 0.3) is 0 Å². The molecule has 80 valence electrons. The van der Waals surface area contributed by atoms with Gasteiger partial charge in [0.2, 0.25) is 0 Å². The average Bonchev–Trinajstić information content (AvgIpc) is 2.52. The average molecular weight is 213 g/mol. The second kappa shape index (κ2) is 5.32. The first-order valence-electron chi connectivity index (χ1n) is 4.93. The van der Waals surface area contributed by atoms with Gasteiger partial charge in [-0.1, -0.05) is 13.8 Å². The van der Waals surface area contributed by atoms with Gasteiger partial charge in [-0.3, -0.25) is 0 Å². The maximum atomic E-state index is 4.50. The van der Waals surface area contributed by atoms with Gasteiger partial charge in [-0.05, 0) is 20.0 Å². The number of anilines is 1. The van der Waals surface area contributed by atoms with Gasteiger partial charge in [0.05, 0.1) is 5.69 Å². The molecule has 0 spiro atoms. The molecule has 0 radical (unpaired) electrons. The smallest absolute Gasteiger partial charge is 0.182 e. The van der Waals surface area contributed by atoms with Gasteiger partial charge in [0.15, 0.2) is 5.13 Å². The number of aromatic nitrogens is 1. The Hall–Kier alpha value is -0.610. The van der Waals surface area contributed by atoms with Crippen LogP contribution in [0, 0.1) is 0 Å². The highest BCUT2D eigenvalue weighted by molar-refractivity contribution is 7.13. The van der Waals surface area contributed by atoms with Crippen LogP contribution in [0.25, 0.3) is 0 Å². The van der Waals surface area contributed by atoms with Crippen LogP contribution in [-0.2, 0) is 0 Å². The zero-order chi connectivity index (χ0) is 10.6. The molecule has 4 heteroatoms. The number of likely N-dealkylation sites (N-methyl/N-ethyl adjacent to an activating group) is 1. The van der Waals surface area contributed by atoms with Crippen molar-refractivity contribution in [2.75, 3.05) is 32.5 Å². The molecule has 0 atom stereocenters. The minimum Gasteiger partial charge on any atom is -0.360 e. The summed E-state index contributed by atoms with van der Waals surface area (Å²) in [5.74, 6) is 0.524. The second-order valence-corrected chi connectivity index (χ2v) is 4.82. The zero-order valence-corrected chi connectivity index (χ0v) is 10.2. The Morgan fingerprint density at radius 3 is 2.71 bits per heavy atom. The summed E-state index contributed by atoms with van der Waals surface area (Å²) in [7, 11) is 4.14. The third-order valence-corrected chi connectivity index (χ3v) is 2.77. The molecule has 0 aliphatic carbocycles. The topological polar surface area (TPSA) is 28.2 Å². The van der Waals surface area contributed by atoms with Crippen LogP contribution in [0.4, 0.5) is 5.13 Å². The van der Waals surface area contributed by atoms with Crippen molar-refractivity contribution in [2.45, 2.75) is 19.8 Å². The van der Waals surface area contributed by atoms with Crippen LogP contribution < -0.4 is 5.32 Å². The monoisotopic (exact) mass is 213 g/mol. The van der Waals surface area contributed by atoms with E-state index >= 15 is 0 Å². The SMILES string of the molecule is CC(C)c1csc(NCCN(C)C)n1. The van der Waals surface area contributed by atoms with Gasteiger partial charge in [0, 0.05) is 18.5 Å². The van der Waals surface area contributed by atoms with Crippen LogP contribution in [0.5, 0.6) is 0 Å². The summed E-state index contributed by atoms with van der Waals surface area (Å²) in [5.41, 5.74) is 1.18. The molecule has 1 N–H and O–H groups in total. The molecule has 0 fully saturated rings. The highest BCUT2D eigenvalue weighted by Crippen LogP contribution is 2.20. The standard InChI is InChI=1S/C10H19N3S/c1-8(2)9-7-14-10(12-9)11-5-6-13(3)4/h7-8H,5-6H2,1-4H3,(H,11,12). The molecular formula is C10H19N3S. The van der Waals surface area contributed by atoms with Crippen LogP contribution in [0.2, 0.25) is 0 Å². The van der Waals surface area contributed by atoms with Crippen molar-refractivity contribution < 1.29 is 0 Å². The van der Waals surface area contributed by atoms with Gasteiger partial charge in [-0.25, -0.2) is 4.98 Å². The van der Waals surface area contributed by atoms with E-state index in [0.717, 1.165) is 18.2 Å². The molecular weight excluding hydrogens is 194 g/mol. The first-order chi connectivity index (χ1) is 6.59. The van der Waals surface area contributed by atoms with Crippen LogP contribution in [0.3, 0.4) is 0 Å². The number of nitrogens with zero attached hydrogens (tertiary/aromatic N) is 2. The lowest BCUT2D eigenvalue weighted by Crippen LogP contribution is -2.20. The lowest BCUT2D eigenvalue weighted by Gasteiger charge is -2.09. The zero-order valence-electron chi connectivity index (χ0n) is 9.37. The molecule has 0 saturated carbocycles. The molecule has 0 aromatic carbocycles. The summed E-state index contributed by atoms with van der Waals surface area (Å²) in [4.78, 5) is 6.65. The largest absolute Gasteiger partial charge is 0.360 e. The van der Waals surface area contributed by atoms with E-state index in [1.165, 1.54) is 5.69 Å². The number of thiazole rings is 1. The molecule has 1 aromatic heterocycles. The van der Waals surface area contributed by atoms with Gasteiger partial charge in [0.1, 0.15) is 0 Å². The summed E-state index contributed by atoms with van der Waals surface area (Å²) in [6, 6.07) is 0. The second-order valence-electron chi connectivity index (χ2n) is 3.96. The van der Waals surface area contributed by atoms with E-state index in [1.54, 1.807) is 11.3 Å². The molecule has 0 aliphatic heterocycles. The van der Waals surface area contributed by atoms with Crippen molar-refractivity contribution in [2.24, 2.45) is 0 Å². The van der Waals surface area contributed by atoms with Gasteiger partial charge < -0.3 is 10.2 Å². The fraction of sp³-hybridized carbons (Fsp3) is 0.700. The predicted octanol–water partition coefficient (Wildman–Crippen LogP) is 2.24. The third-order valence-electron chi connectivity index (χ3n) is 1.95. The van der Waals surface area contributed by atoms with E-state index in [2.05, 4.69) is 48.5 Å². The van der Waals surface area contributed by atoms with Crippen LogP contribution in [0.15, 0.2) is 5.38 Å². The maximum Gasteiger partial charge on any atom is 0.182 e. The molecule has 3 nitrogen and oxygen atoms in total. The molecule has 14 heavy (non-hydrogen) atoms. The van der Waals surface area contributed by atoms with Crippen LogP contribution >= 0.6 is 11.3 Å². The molecule has 0 aliphatic rings. The van der Waals surface area contributed by atoms with Gasteiger partial charge in [-0.2, -0.15) is 0 Å². The normalized spacial score (nSPS) is 11.3. The number of nitrogens with one attached hydrogen (secondary N) is 1. The number of hydrogen-bond donors (Lipinski definition) is 1. The van der Waals surface area contributed by atoms with E-state index in [1.807, 2.05) is 0 Å². The maximum absolute atomic E-state index is 4.50. The molecule has 0 saturated heterocycles. The van der Waals surface area contributed by atoms with E-state index in [9.17, 15) is 0 Å². The van der Waals surface area contributed by atoms with E-state index in [0.29, 0.717) is 5.92 Å². The van der Waals surface area contributed by atoms with E-state index in [-0.39, 0.29) is 0 Å². The van der Waals surface area contributed by atoms with Crippen LogP contribution in [0.1, 0.15) is 25.5 Å². The van der Waals surface area contributed by atoms with E-state index < -0.39 is 0 Å². The van der Waals surface area contributed by atoms with Crippen molar-refractivity contribution in [3.63, 3.8) is 0 Å². The van der Waals surface area contributed by atoms with Gasteiger partial charge in [-0.15, -0.1) is 11.3 Å². The first-order valence-corrected chi connectivity index (χ1v) is 5.81. The molecule has 1 heterocycles. The highest BCUT2D eigenvalue weighted by atomic mass is 32.1. The number of rotatable bonds is 5. The molecule has 0 unspecified atom stereocenters. The Labute approximate surface area is 90.2 Å². The van der Waals surface area contributed by atoms with Crippen LogP contribution in [-0.4, -0.2) is 37.1 Å². The summed E-state index contributed by atoms with van der Waals surface area (Å²) < 4.78 is 0. The molecule has 0 bridgehead atoms. The summed E-state index contributed by atoms with van der Waals surface area (Å²) in [6.07, 6.45) is 0. The first kappa shape index (κ1) is 11.5. The van der Waals surface area contributed by atoms with Crippen molar-refractivity contribution in [1.29, 1.82) is 0 Å². The molecule has 1 rings (SSSR count). The third kappa shape index (κ3) is 3.64. The van der Waals surface area contributed by atoms with Crippen molar-refractivity contribution >= 4 is 16.5 Å². The molecule has 1 aromatic rings. The summed E-state index contributed by atoms with van der Waals surface area (Å²) >= 11 is 1.69. The Morgan fingerprint density at radius 1 is 1.50 bits per heavy atom. The Balaban J connectivity index is 2.36. The summed E-state index contributed by atoms with van der Waals surface area (Å²) in [5, 5.41) is 6.48. The van der Waals surface area contributed by atoms with Gasteiger partial charge >= 0.3 is 0 Å². The van der Waals surface area contributed by atoms with Crippen molar-refractivity contribution in [3.05, 3.63) is 11.1 Å². The lowest BCUT2D eigenvalue weighted by molar-refractivity contribution is 0.425. The predicted molar refractivity (Wildman–Crippen MR) is 63.2 cm³/mol. The van der Waals surface area contributed by atoms with E-state index in [4.69, 9.17) is 0 Å². The Morgan fingerprint density at radius 2 is 2.21 bits per heavy atom. The lowest BCUT2D eigenvalue weighted by atomic mass is 10.2. The highest BCUT2D eigenvalue weighted by Gasteiger charge is 2.04. The minimum absolute atomic E-state index is 0.524. The minimum atomic E-state index is 0.524. The van der Waals surface area contributed by atoms with Crippen molar-refractivity contribution in [3.8, 4) is 0 Å². The van der Waals surface area contributed by atoms with Crippen molar-refractivity contribution in [1.82, 2.24) is 9.88 Å². The quantitative estimate of drug-likeness (QED) is 0.813.